The van der Waals surface area contributed by atoms with Crippen LogP contribution in [0.2, 0.25) is 5.02 Å². The molecule has 1 aromatic carbocycles. The van der Waals surface area contributed by atoms with Crippen LogP contribution in [0.1, 0.15) is 6.42 Å². The van der Waals surface area contributed by atoms with Gasteiger partial charge in [0.15, 0.2) is 6.61 Å². The van der Waals surface area contributed by atoms with E-state index in [0.29, 0.717) is 23.9 Å². The van der Waals surface area contributed by atoms with Crippen molar-refractivity contribution in [1.82, 2.24) is 10.2 Å². The van der Waals surface area contributed by atoms with Crippen LogP contribution in [0.3, 0.4) is 0 Å². The Bertz CT molecular complexity index is 524. The van der Waals surface area contributed by atoms with Crippen LogP contribution in [0, 0.1) is 0 Å². The topological polar surface area (TPSA) is 58.6 Å². The molecule has 0 spiro atoms. The highest BCUT2D eigenvalue weighted by Crippen LogP contribution is 2.27. The smallest absolute Gasteiger partial charge is 0.260 e. The van der Waals surface area contributed by atoms with Crippen LogP contribution in [0.5, 0.6) is 5.75 Å². The van der Waals surface area contributed by atoms with Crippen molar-refractivity contribution in [3.8, 4) is 5.75 Å². The summed E-state index contributed by atoms with van der Waals surface area (Å²) in [5.74, 6) is 0.0843. The summed E-state index contributed by atoms with van der Waals surface area (Å²) < 4.78 is 6.25. The van der Waals surface area contributed by atoms with Gasteiger partial charge in [0.05, 0.1) is 11.6 Å². The van der Waals surface area contributed by atoms with E-state index in [1.54, 1.807) is 18.2 Å². The van der Waals surface area contributed by atoms with Gasteiger partial charge in [-0.25, -0.2) is 0 Å². The second kappa shape index (κ2) is 6.95. The molecule has 5 nitrogen and oxygen atoms in total. The van der Waals surface area contributed by atoms with E-state index in [9.17, 15) is 9.59 Å². The van der Waals surface area contributed by atoms with Crippen LogP contribution >= 0.6 is 27.5 Å². The minimum Gasteiger partial charge on any atom is -0.482 e. The van der Waals surface area contributed by atoms with Crippen molar-refractivity contribution >= 4 is 39.3 Å². The summed E-state index contributed by atoms with van der Waals surface area (Å²) in [7, 11) is 0. The molecule has 1 aliphatic rings. The monoisotopic (exact) mass is 360 g/mol. The Kier molecular flexibility index (Phi) is 5.25. The van der Waals surface area contributed by atoms with E-state index < -0.39 is 0 Å². The lowest BCUT2D eigenvalue weighted by atomic mass is 10.3. The van der Waals surface area contributed by atoms with E-state index in [0.717, 1.165) is 10.9 Å². The number of benzene rings is 1. The van der Waals surface area contributed by atoms with Gasteiger partial charge in [0, 0.05) is 17.6 Å². The maximum atomic E-state index is 12.0. The van der Waals surface area contributed by atoms with E-state index in [1.165, 1.54) is 4.90 Å². The summed E-state index contributed by atoms with van der Waals surface area (Å²) in [5, 5.41) is 3.15. The Morgan fingerprint density at radius 3 is 3.05 bits per heavy atom. The standard InChI is InChI=1S/C13H14BrClN2O3/c14-9-2-3-11(10(15)6-9)20-8-13(19)17-5-1-4-16-12(18)7-17/h2-3,6H,1,4-5,7-8H2,(H,16,18). The number of nitrogens with one attached hydrogen (secondary N) is 1. The van der Waals surface area contributed by atoms with Crippen molar-refractivity contribution in [3.63, 3.8) is 0 Å². The minimum absolute atomic E-state index is 0.0796. The van der Waals surface area contributed by atoms with Gasteiger partial charge in [-0.2, -0.15) is 0 Å². The second-order valence-electron chi connectivity index (χ2n) is 4.38. The normalized spacial score (nSPS) is 15.5. The molecule has 0 unspecified atom stereocenters. The van der Waals surface area contributed by atoms with Gasteiger partial charge in [-0.05, 0) is 24.6 Å². The molecule has 108 valence electrons. The highest BCUT2D eigenvalue weighted by atomic mass is 79.9. The average Bonchev–Trinajstić information content (AvgIpc) is 2.62. The van der Waals surface area contributed by atoms with E-state index in [2.05, 4.69) is 21.2 Å². The molecule has 0 aliphatic carbocycles. The second-order valence-corrected chi connectivity index (χ2v) is 5.71. The largest absolute Gasteiger partial charge is 0.482 e. The summed E-state index contributed by atoms with van der Waals surface area (Å²) >= 11 is 9.30. The van der Waals surface area contributed by atoms with Gasteiger partial charge in [0.25, 0.3) is 5.91 Å². The van der Waals surface area contributed by atoms with Crippen molar-refractivity contribution in [3.05, 3.63) is 27.7 Å². The highest BCUT2D eigenvalue weighted by molar-refractivity contribution is 9.10. The molecule has 7 heteroatoms. The number of carbonyl (C=O) groups excluding carboxylic acids is 2. The lowest BCUT2D eigenvalue weighted by Gasteiger charge is -2.19. The molecule has 1 aliphatic heterocycles. The van der Waals surface area contributed by atoms with Gasteiger partial charge in [-0.15, -0.1) is 0 Å². The fourth-order valence-electron chi connectivity index (χ4n) is 1.84. The third kappa shape index (κ3) is 4.11. The number of amides is 2. The number of hydrogen-bond donors (Lipinski definition) is 1. The predicted octanol–water partition coefficient (Wildman–Crippen LogP) is 1.83. The molecule has 1 N–H and O–H groups in total. The molecule has 1 fully saturated rings. The van der Waals surface area contributed by atoms with Gasteiger partial charge in [0.1, 0.15) is 5.75 Å². The maximum absolute atomic E-state index is 12.0. The lowest BCUT2D eigenvalue weighted by Crippen LogP contribution is -2.39. The van der Waals surface area contributed by atoms with E-state index in [1.807, 2.05) is 0 Å². The van der Waals surface area contributed by atoms with Gasteiger partial charge in [-0.3, -0.25) is 9.59 Å². The molecule has 1 saturated heterocycles. The van der Waals surface area contributed by atoms with Gasteiger partial charge < -0.3 is 15.0 Å². The van der Waals surface area contributed by atoms with Crippen LogP contribution in [-0.4, -0.2) is 43.0 Å². The van der Waals surface area contributed by atoms with Gasteiger partial charge >= 0.3 is 0 Å². The molecule has 1 heterocycles. The van der Waals surface area contributed by atoms with Crippen LogP contribution in [-0.2, 0) is 9.59 Å². The van der Waals surface area contributed by atoms with Crippen molar-refractivity contribution in [2.24, 2.45) is 0 Å². The fraction of sp³-hybridized carbons (Fsp3) is 0.385. The zero-order valence-corrected chi connectivity index (χ0v) is 13.0. The number of halogens is 2. The molecular weight excluding hydrogens is 348 g/mol. The van der Waals surface area contributed by atoms with E-state index in [4.69, 9.17) is 16.3 Å². The first-order valence-electron chi connectivity index (χ1n) is 6.18. The Balaban J connectivity index is 1.92. The Labute approximate surface area is 130 Å². The summed E-state index contributed by atoms with van der Waals surface area (Å²) in [6, 6.07) is 5.17. The molecule has 2 amide bonds. The zero-order chi connectivity index (χ0) is 14.5. The van der Waals surface area contributed by atoms with Gasteiger partial charge in [-0.1, -0.05) is 27.5 Å². The predicted molar refractivity (Wildman–Crippen MR) is 78.9 cm³/mol. The van der Waals surface area contributed by atoms with E-state index in [-0.39, 0.29) is 25.0 Å². The number of rotatable bonds is 3. The van der Waals surface area contributed by atoms with Crippen molar-refractivity contribution in [1.29, 1.82) is 0 Å². The van der Waals surface area contributed by atoms with Crippen molar-refractivity contribution in [2.45, 2.75) is 6.42 Å². The summed E-state index contributed by atoms with van der Waals surface area (Å²) in [5.41, 5.74) is 0. The lowest BCUT2D eigenvalue weighted by molar-refractivity contribution is -0.136. The molecule has 0 atom stereocenters. The third-order valence-corrected chi connectivity index (χ3v) is 3.65. The van der Waals surface area contributed by atoms with Crippen LogP contribution < -0.4 is 10.1 Å². The first-order valence-corrected chi connectivity index (χ1v) is 7.35. The average molecular weight is 362 g/mol. The first kappa shape index (κ1) is 15.1. The molecule has 1 aromatic rings. The van der Waals surface area contributed by atoms with Crippen molar-refractivity contribution in [2.75, 3.05) is 26.2 Å². The highest BCUT2D eigenvalue weighted by Gasteiger charge is 2.20. The molecule has 0 radical (unpaired) electrons. The number of hydrogen-bond acceptors (Lipinski definition) is 3. The fourth-order valence-corrected chi connectivity index (χ4v) is 2.57. The third-order valence-electron chi connectivity index (χ3n) is 2.86. The number of ether oxygens (including phenoxy) is 1. The van der Waals surface area contributed by atoms with Crippen LogP contribution in [0.15, 0.2) is 22.7 Å². The molecule has 0 aromatic heterocycles. The minimum atomic E-state index is -0.221. The summed E-state index contributed by atoms with van der Waals surface area (Å²) in [6.45, 7) is 1.10. The van der Waals surface area contributed by atoms with Crippen LogP contribution in [0.4, 0.5) is 0 Å². The SMILES string of the molecule is O=C1CN(C(=O)COc2ccc(Br)cc2Cl)CCCN1. The first-order chi connectivity index (χ1) is 9.56. The van der Waals surface area contributed by atoms with E-state index >= 15 is 0 Å². The zero-order valence-electron chi connectivity index (χ0n) is 10.7. The van der Waals surface area contributed by atoms with Gasteiger partial charge in [0.2, 0.25) is 5.91 Å². The van der Waals surface area contributed by atoms with Crippen LogP contribution in [0.25, 0.3) is 0 Å². The molecule has 2 rings (SSSR count). The van der Waals surface area contributed by atoms with Crippen molar-refractivity contribution < 1.29 is 14.3 Å². The summed E-state index contributed by atoms with van der Waals surface area (Å²) in [6.07, 6.45) is 0.747. The molecule has 0 saturated carbocycles. The Hall–Kier alpha value is -1.27. The molecule has 0 bridgehead atoms. The Morgan fingerprint density at radius 2 is 2.30 bits per heavy atom. The molecule has 20 heavy (non-hydrogen) atoms. The summed E-state index contributed by atoms with van der Waals surface area (Å²) in [4.78, 5) is 24.9. The number of nitrogens with zero attached hydrogens (tertiary/aromatic N) is 1. The number of carbonyl (C=O) groups is 2. The Morgan fingerprint density at radius 1 is 1.50 bits per heavy atom. The quantitative estimate of drug-likeness (QED) is 0.893. The maximum Gasteiger partial charge on any atom is 0.260 e. The molecular formula is C13H14BrClN2O3.